The summed E-state index contributed by atoms with van der Waals surface area (Å²) in [6.45, 7) is 12.3. The lowest BCUT2D eigenvalue weighted by molar-refractivity contribution is -0.133. The second-order valence-corrected chi connectivity index (χ2v) is 10.1. The largest absolute Gasteiger partial charge is 0.390 e. The Hall–Kier alpha value is -1.43. The van der Waals surface area contributed by atoms with Crippen molar-refractivity contribution < 1.29 is 9.90 Å². The van der Waals surface area contributed by atoms with Crippen molar-refractivity contribution in [3.8, 4) is 0 Å². The molecule has 0 aromatic heterocycles. The van der Waals surface area contributed by atoms with E-state index in [4.69, 9.17) is 0 Å². The third kappa shape index (κ3) is 6.03. The Morgan fingerprint density at radius 3 is 2.36 bits per heavy atom. The zero-order chi connectivity index (χ0) is 20.4. The molecule has 5 nitrogen and oxygen atoms in total. The summed E-state index contributed by atoms with van der Waals surface area (Å²) in [5.41, 5.74) is 1.35. The Bertz CT molecular complexity index is 643. The summed E-state index contributed by atoms with van der Waals surface area (Å²) in [4.78, 5) is 17.2. The van der Waals surface area contributed by atoms with Gasteiger partial charge >= 0.3 is 0 Å². The molecule has 1 unspecified atom stereocenters. The van der Waals surface area contributed by atoms with Crippen LogP contribution in [0.4, 0.5) is 0 Å². The highest BCUT2D eigenvalue weighted by Crippen LogP contribution is 2.35. The fourth-order valence-electron chi connectivity index (χ4n) is 5.32. The normalized spacial score (nSPS) is 26.0. The summed E-state index contributed by atoms with van der Waals surface area (Å²) in [7, 11) is 0. The number of benzene rings is 1. The third-order valence-electron chi connectivity index (χ3n) is 5.93. The first-order chi connectivity index (χ1) is 13.1. The van der Waals surface area contributed by atoms with Crippen molar-refractivity contribution in [1.29, 1.82) is 0 Å². The fraction of sp³-hybridized carbons (Fsp3) is 0.696. The van der Waals surface area contributed by atoms with Crippen molar-refractivity contribution in [3.05, 3.63) is 35.9 Å². The van der Waals surface area contributed by atoms with Gasteiger partial charge in [0.25, 0.3) is 0 Å². The molecule has 1 aromatic rings. The van der Waals surface area contributed by atoms with E-state index < -0.39 is 6.10 Å². The third-order valence-corrected chi connectivity index (χ3v) is 5.93. The number of carbonyl (C=O) groups is 1. The SMILES string of the molecule is CC1(C)CC(CC(=O)N2CCN(Cc3ccccc3)CC(O)C2)CC(C)(C)N1. The lowest BCUT2D eigenvalue weighted by Crippen LogP contribution is -2.58. The van der Waals surface area contributed by atoms with Gasteiger partial charge in [0.15, 0.2) is 0 Å². The highest BCUT2D eigenvalue weighted by molar-refractivity contribution is 5.76. The van der Waals surface area contributed by atoms with Gasteiger partial charge < -0.3 is 15.3 Å². The number of aliphatic hydroxyl groups excluding tert-OH is 1. The second-order valence-electron chi connectivity index (χ2n) is 10.1. The summed E-state index contributed by atoms with van der Waals surface area (Å²) >= 11 is 0. The van der Waals surface area contributed by atoms with Gasteiger partial charge in [0.05, 0.1) is 6.10 Å². The standard InChI is InChI=1S/C23H37N3O2/c1-22(2)13-19(14-23(3,4)24-22)12-21(28)26-11-10-25(16-20(27)17-26)15-18-8-6-5-7-9-18/h5-9,19-20,24,27H,10-17H2,1-4H3. The van der Waals surface area contributed by atoms with Crippen LogP contribution in [0.5, 0.6) is 0 Å². The van der Waals surface area contributed by atoms with Crippen molar-refractivity contribution >= 4 is 5.91 Å². The Morgan fingerprint density at radius 2 is 1.71 bits per heavy atom. The molecule has 3 rings (SSSR count). The van der Waals surface area contributed by atoms with Gasteiger partial charge in [-0.15, -0.1) is 0 Å². The number of aliphatic hydroxyl groups is 1. The van der Waals surface area contributed by atoms with Crippen molar-refractivity contribution in [1.82, 2.24) is 15.1 Å². The topological polar surface area (TPSA) is 55.8 Å². The summed E-state index contributed by atoms with van der Waals surface area (Å²) in [6.07, 6.45) is 2.12. The Kier molecular flexibility index (Phi) is 6.47. The zero-order valence-corrected chi connectivity index (χ0v) is 17.9. The van der Waals surface area contributed by atoms with Crippen LogP contribution < -0.4 is 5.32 Å². The van der Waals surface area contributed by atoms with Crippen LogP contribution in [0.3, 0.4) is 0 Å². The maximum absolute atomic E-state index is 13.0. The number of nitrogens with zero attached hydrogens (tertiary/aromatic N) is 2. The van der Waals surface area contributed by atoms with E-state index in [1.807, 2.05) is 23.1 Å². The molecule has 156 valence electrons. The molecule has 2 N–H and O–H groups in total. The molecule has 0 radical (unpaired) electrons. The van der Waals surface area contributed by atoms with Gasteiger partial charge in [-0.05, 0) is 52.0 Å². The monoisotopic (exact) mass is 387 g/mol. The van der Waals surface area contributed by atoms with Gasteiger partial charge in [0.1, 0.15) is 0 Å². The summed E-state index contributed by atoms with van der Waals surface area (Å²) in [6, 6.07) is 10.3. The molecule has 0 bridgehead atoms. The minimum Gasteiger partial charge on any atom is -0.390 e. The Balaban J connectivity index is 1.57. The van der Waals surface area contributed by atoms with E-state index in [2.05, 4.69) is 50.0 Å². The number of nitrogens with one attached hydrogen (secondary N) is 1. The van der Waals surface area contributed by atoms with Crippen molar-refractivity contribution in [2.45, 2.75) is 70.7 Å². The summed E-state index contributed by atoms with van der Waals surface area (Å²) < 4.78 is 0. The predicted octanol–water partition coefficient (Wildman–Crippen LogP) is 2.64. The highest BCUT2D eigenvalue weighted by Gasteiger charge is 2.39. The van der Waals surface area contributed by atoms with Gasteiger partial charge in [0.2, 0.25) is 5.91 Å². The smallest absolute Gasteiger partial charge is 0.222 e. The summed E-state index contributed by atoms with van der Waals surface area (Å²) in [5.74, 6) is 0.582. The molecule has 0 saturated carbocycles. The van der Waals surface area contributed by atoms with Crippen LogP contribution in [0.2, 0.25) is 0 Å². The van der Waals surface area contributed by atoms with E-state index in [1.165, 1.54) is 5.56 Å². The van der Waals surface area contributed by atoms with Gasteiger partial charge in [-0.25, -0.2) is 0 Å². The van der Waals surface area contributed by atoms with E-state index >= 15 is 0 Å². The molecule has 1 aromatic carbocycles. The molecular weight excluding hydrogens is 350 g/mol. The van der Waals surface area contributed by atoms with Crippen molar-refractivity contribution in [2.75, 3.05) is 26.2 Å². The lowest BCUT2D eigenvalue weighted by atomic mass is 9.74. The molecule has 0 spiro atoms. The molecule has 0 aliphatic carbocycles. The fourth-order valence-corrected chi connectivity index (χ4v) is 5.32. The Morgan fingerprint density at radius 1 is 1.07 bits per heavy atom. The molecule has 2 aliphatic heterocycles. The first kappa shape index (κ1) is 21.3. The van der Waals surface area contributed by atoms with E-state index in [-0.39, 0.29) is 17.0 Å². The highest BCUT2D eigenvalue weighted by atomic mass is 16.3. The second kappa shape index (κ2) is 8.52. The number of hydrogen-bond acceptors (Lipinski definition) is 4. The first-order valence-corrected chi connectivity index (χ1v) is 10.6. The van der Waals surface area contributed by atoms with Crippen molar-refractivity contribution in [2.24, 2.45) is 5.92 Å². The number of β-amino-alcohol motifs (C(OH)–C–C–N with tert-alkyl or cyclic N) is 1. The average Bonchev–Trinajstić information content (AvgIpc) is 2.74. The Labute approximate surface area is 170 Å². The first-order valence-electron chi connectivity index (χ1n) is 10.6. The van der Waals surface area contributed by atoms with Crippen LogP contribution in [0.15, 0.2) is 30.3 Å². The van der Waals surface area contributed by atoms with E-state index in [1.54, 1.807) is 0 Å². The van der Waals surface area contributed by atoms with Gasteiger partial charge in [0, 0.05) is 50.2 Å². The molecule has 28 heavy (non-hydrogen) atoms. The van der Waals surface area contributed by atoms with Gasteiger partial charge in [-0.2, -0.15) is 0 Å². The average molecular weight is 388 g/mol. The van der Waals surface area contributed by atoms with Crippen LogP contribution in [0.25, 0.3) is 0 Å². The summed E-state index contributed by atoms with van der Waals surface area (Å²) in [5, 5.41) is 14.2. The number of hydrogen-bond donors (Lipinski definition) is 2. The van der Waals surface area contributed by atoms with Crippen LogP contribution in [0, 0.1) is 5.92 Å². The molecule has 1 atom stereocenters. The van der Waals surface area contributed by atoms with E-state index in [0.717, 1.165) is 25.9 Å². The van der Waals surface area contributed by atoms with Gasteiger partial charge in [-0.1, -0.05) is 30.3 Å². The molecule has 5 heteroatoms. The number of amides is 1. The zero-order valence-electron chi connectivity index (χ0n) is 17.9. The minimum atomic E-state index is -0.490. The molecule has 2 saturated heterocycles. The predicted molar refractivity (Wildman–Crippen MR) is 113 cm³/mol. The maximum atomic E-state index is 13.0. The lowest BCUT2D eigenvalue weighted by Gasteiger charge is -2.46. The molecule has 2 heterocycles. The number of carbonyl (C=O) groups excluding carboxylic acids is 1. The van der Waals surface area contributed by atoms with Crippen LogP contribution >= 0.6 is 0 Å². The minimum absolute atomic E-state index is 0.0531. The number of rotatable bonds is 4. The molecule has 1 amide bonds. The quantitative estimate of drug-likeness (QED) is 0.834. The molecule has 2 fully saturated rings. The van der Waals surface area contributed by atoms with E-state index in [9.17, 15) is 9.90 Å². The maximum Gasteiger partial charge on any atom is 0.222 e. The van der Waals surface area contributed by atoms with Crippen LogP contribution in [0.1, 0.15) is 52.5 Å². The molecular formula is C23H37N3O2. The van der Waals surface area contributed by atoms with Crippen molar-refractivity contribution in [3.63, 3.8) is 0 Å². The van der Waals surface area contributed by atoms with Crippen LogP contribution in [-0.2, 0) is 11.3 Å². The van der Waals surface area contributed by atoms with Gasteiger partial charge in [-0.3, -0.25) is 9.69 Å². The number of piperidine rings is 1. The van der Waals surface area contributed by atoms with E-state index in [0.29, 0.717) is 32.0 Å². The molecule has 2 aliphatic rings. The van der Waals surface area contributed by atoms with Crippen LogP contribution in [-0.4, -0.2) is 64.2 Å².